The van der Waals surface area contributed by atoms with Crippen LogP contribution in [-0.2, 0) is 16.4 Å². The van der Waals surface area contributed by atoms with Gasteiger partial charge in [-0.05, 0) is 19.3 Å². The van der Waals surface area contributed by atoms with Crippen LogP contribution in [0.15, 0.2) is 10.6 Å². The third-order valence-corrected chi connectivity index (χ3v) is 6.12. The molecule has 2 rings (SSSR count). The maximum atomic E-state index is 12.5. The van der Waals surface area contributed by atoms with Gasteiger partial charge < -0.3 is 9.42 Å². The number of hydrogen-bond donors (Lipinski definition) is 0. The number of aryl methyl sites for hydroxylation is 1. The number of sulfonamides is 1. The first-order valence-electron chi connectivity index (χ1n) is 7.52. The lowest BCUT2D eigenvalue weighted by molar-refractivity contribution is 0.0715. The molecule has 0 spiro atoms. The number of likely N-dealkylation sites (tertiary alicyclic amines) is 1. The minimum Gasteiger partial charge on any atom is -0.361 e. The monoisotopic (exact) mass is 329 g/mol. The molecule has 1 atom stereocenters. The van der Waals surface area contributed by atoms with E-state index in [0.717, 1.165) is 12.8 Å². The van der Waals surface area contributed by atoms with E-state index in [-0.39, 0.29) is 18.1 Å². The summed E-state index contributed by atoms with van der Waals surface area (Å²) in [5.74, 6) is 0.421. The van der Waals surface area contributed by atoms with Gasteiger partial charge in [0.15, 0.2) is 5.69 Å². The van der Waals surface area contributed by atoms with Crippen molar-refractivity contribution in [3.05, 3.63) is 17.5 Å². The van der Waals surface area contributed by atoms with E-state index >= 15 is 0 Å². The topological polar surface area (TPSA) is 83.7 Å². The van der Waals surface area contributed by atoms with Crippen LogP contribution in [0.4, 0.5) is 0 Å². The van der Waals surface area contributed by atoms with E-state index < -0.39 is 15.3 Å². The van der Waals surface area contributed by atoms with E-state index in [0.29, 0.717) is 25.1 Å². The van der Waals surface area contributed by atoms with E-state index in [2.05, 4.69) is 5.16 Å². The molecule has 8 heteroatoms. The summed E-state index contributed by atoms with van der Waals surface area (Å²) in [5, 5.41) is 3.25. The van der Waals surface area contributed by atoms with Crippen LogP contribution in [-0.4, -0.2) is 61.1 Å². The molecule has 124 valence electrons. The molecule has 22 heavy (non-hydrogen) atoms. The van der Waals surface area contributed by atoms with Crippen molar-refractivity contribution in [1.82, 2.24) is 14.4 Å². The van der Waals surface area contributed by atoms with Crippen LogP contribution in [0.5, 0.6) is 0 Å². The van der Waals surface area contributed by atoms with E-state index in [1.54, 1.807) is 11.0 Å². The molecule has 1 fully saturated rings. The summed E-state index contributed by atoms with van der Waals surface area (Å²) in [5.41, 5.74) is 0.256. The van der Waals surface area contributed by atoms with Crippen molar-refractivity contribution in [3.8, 4) is 0 Å². The highest BCUT2D eigenvalue weighted by Crippen LogP contribution is 2.20. The number of hydrogen-bond acceptors (Lipinski definition) is 5. The Morgan fingerprint density at radius 3 is 2.86 bits per heavy atom. The Balaban J connectivity index is 2.10. The van der Waals surface area contributed by atoms with Gasteiger partial charge in [0.1, 0.15) is 5.76 Å². The third-order valence-electron chi connectivity index (χ3n) is 3.87. The van der Waals surface area contributed by atoms with E-state index in [9.17, 15) is 13.2 Å². The summed E-state index contributed by atoms with van der Waals surface area (Å²) in [4.78, 5) is 14.0. The lowest BCUT2D eigenvalue weighted by Gasteiger charge is -2.33. The average molecular weight is 329 g/mol. The van der Waals surface area contributed by atoms with Crippen LogP contribution >= 0.6 is 0 Å². The first kappa shape index (κ1) is 17.0. The number of amides is 1. The van der Waals surface area contributed by atoms with Crippen molar-refractivity contribution in [2.45, 2.75) is 37.9 Å². The molecule has 1 amide bonds. The summed E-state index contributed by atoms with van der Waals surface area (Å²) in [6.07, 6.45) is 2.89. The van der Waals surface area contributed by atoms with Gasteiger partial charge in [-0.2, -0.15) is 0 Å². The fraction of sp³-hybridized carbons (Fsp3) is 0.714. The second kappa shape index (κ2) is 6.78. The number of piperidine rings is 1. The first-order valence-corrected chi connectivity index (χ1v) is 9.02. The zero-order valence-electron chi connectivity index (χ0n) is 13.3. The van der Waals surface area contributed by atoms with Gasteiger partial charge in [0.25, 0.3) is 5.91 Å². The summed E-state index contributed by atoms with van der Waals surface area (Å²) in [6.45, 7) is 2.77. The Bertz CT molecular complexity index is 624. The van der Waals surface area contributed by atoms with Crippen LogP contribution in [0.1, 0.15) is 42.4 Å². The van der Waals surface area contributed by atoms with Crippen molar-refractivity contribution >= 4 is 15.9 Å². The molecule has 1 saturated heterocycles. The quantitative estimate of drug-likeness (QED) is 0.808. The van der Waals surface area contributed by atoms with Gasteiger partial charge in [-0.3, -0.25) is 4.79 Å². The van der Waals surface area contributed by atoms with Crippen molar-refractivity contribution in [3.63, 3.8) is 0 Å². The molecule has 0 aromatic carbocycles. The van der Waals surface area contributed by atoms with Crippen LogP contribution < -0.4 is 0 Å². The molecule has 1 aliphatic heterocycles. The van der Waals surface area contributed by atoms with Crippen LogP contribution in [0.25, 0.3) is 0 Å². The summed E-state index contributed by atoms with van der Waals surface area (Å²) < 4.78 is 30.8. The predicted molar refractivity (Wildman–Crippen MR) is 82.0 cm³/mol. The fourth-order valence-corrected chi connectivity index (χ4v) is 4.03. The van der Waals surface area contributed by atoms with Crippen LogP contribution in [0.3, 0.4) is 0 Å². The molecule has 1 aromatic rings. The Kier molecular flexibility index (Phi) is 5.23. The van der Waals surface area contributed by atoms with Crippen LogP contribution in [0.2, 0.25) is 0 Å². The second-order valence-corrected chi connectivity index (χ2v) is 8.20. The maximum absolute atomic E-state index is 12.5. The minimum atomic E-state index is -3.36. The van der Waals surface area contributed by atoms with Gasteiger partial charge in [0.05, 0.1) is 5.25 Å². The largest absolute Gasteiger partial charge is 0.361 e. The molecule has 0 aliphatic carbocycles. The molecule has 0 radical (unpaired) electrons. The first-order chi connectivity index (χ1) is 10.4. The third kappa shape index (κ3) is 3.49. The zero-order chi connectivity index (χ0) is 16.3. The minimum absolute atomic E-state index is 0.204. The maximum Gasteiger partial charge on any atom is 0.276 e. The van der Waals surface area contributed by atoms with Gasteiger partial charge in [0, 0.05) is 39.7 Å². The highest BCUT2D eigenvalue weighted by Gasteiger charge is 2.34. The number of rotatable bonds is 5. The summed E-state index contributed by atoms with van der Waals surface area (Å²) in [6, 6.07) is 1.65. The standard InChI is InChI=1S/C14H23N3O4S/c1-4-6-11-9-13(15-21-11)14(18)17-8-5-7-12(10-17)22(19,20)16(2)3/h9,12H,4-8,10H2,1-3H3/t12-/m0/s1. The van der Waals surface area contributed by atoms with Gasteiger partial charge in [-0.25, -0.2) is 12.7 Å². The number of aromatic nitrogens is 1. The molecule has 0 saturated carbocycles. The van der Waals surface area contributed by atoms with Crippen molar-refractivity contribution < 1.29 is 17.7 Å². The highest BCUT2D eigenvalue weighted by atomic mass is 32.2. The smallest absolute Gasteiger partial charge is 0.276 e. The molecule has 0 N–H and O–H groups in total. The normalized spacial score (nSPS) is 19.6. The van der Waals surface area contributed by atoms with Crippen molar-refractivity contribution in [1.29, 1.82) is 0 Å². The predicted octanol–water partition coefficient (Wildman–Crippen LogP) is 1.12. The highest BCUT2D eigenvalue weighted by molar-refractivity contribution is 7.89. The van der Waals surface area contributed by atoms with Gasteiger partial charge in [-0.1, -0.05) is 12.1 Å². The Morgan fingerprint density at radius 1 is 1.50 bits per heavy atom. The fourth-order valence-electron chi connectivity index (χ4n) is 2.60. The Labute approximate surface area is 131 Å². The lowest BCUT2D eigenvalue weighted by Crippen LogP contribution is -2.48. The van der Waals surface area contributed by atoms with Gasteiger partial charge in [0.2, 0.25) is 10.0 Å². The molecular formula is C14H23N3O4S. The van der Waals surface area contributed by atoms with Crippen LogP contribution in [0, 0.1) is 0 Å². The number of carbonyl (C=O) groups excluding carboxylic acids is 1. The molecular weight excluding hydrogens is 306 g/mol. The molecule has 0 bridgehead atoms. The Hall–Kier alpha value is -1.41. The number of carbonyl (C=O) groups is 1. The molecule has 7 nitrogen and oxygen atoms in total. The molecule has 0 unspecified atom stereocenters. The Morgan fingerprint density at radius 2 is 2.23 bits per heavy atom. The molecule has 1 aliphatic rings. The average Bonchev–Trinajstić information content (AvgIpc) is 2.95. The summed E-state index contributed by atoms with van der Waals surface area (Å²) >= 11 is 0. The summed E-state index contributed by atoms with van der Waals surface area (Å²) in [7, 11) is -0.319. The van der Waals surface area contributed by atoms with E-state index in [4.69, 9.17) is 4.52 Å². The van der Waals surface area contributed by atoms with Gasteiger partial charge in [-0.15, -0.1) is 0 Å². The zero-order valence-corrected chi connectivity index (χ0v) is 14.1. The van der Waals surface area contributed by atoms with E-state index in [1.807, 2.05) is 6.92 Å². The van der Waals surface area contributed by atoms with Crippen molar-refractivity contribution in [2.75, 3.05) is 27.2 Å². The second-order valence-electron chi connectivity index (χ2n) is 5.77. The SMILES string of the molecule is CCCc1cc(C(=O)N2CCC[C@H](S(=O)(=O)N(C)C)C2)no1. The van der Waals surface area contributed by atoms with E-state index in [1.165, 1.54) is 18.4 Å². The van der Waals surface area contributed by atoms with Crippen molar-refractivity contribution in [2.24, 2.45) is 0 Å². The molecule has 1 aromatic heterocycles. The molecule has 2 heterocycles. The number of nitrogens with zero attached hydrogens (tertiary/aromatic N) is 3. The van der Waals surface area contributed by atoms with Gasteiger partial charge >= 0.3 is 0 Å². The lowest BCUT2D eigenvalue weighted by atomic mass is 10.1.